The number of hydrogen-bond acceptors (Lipinski definition) is 4. The number of anilines is 1. The van der Waals surface area contributed by atoms with Gasteiger partial charge in [0.05, 0.1) is 0 Å². The maximum absolute atomic E-state index is 12.5. The summed E-state index contributed by atoms with van der Waals surface area (Å²) in [7, 11) is 0. The number of piperazine rings is 1. The molecule has 156 valence electrons. The molecule has 0 bridgehead atoms. The molecule has 1 aliphatic heterocycles. The summed E-state index contributed by atoms with van der Waals surface area (Å²) in [6, 6.07) is 13.8. The fraction of sp³-hybridized carbons (Fsp3) is 0.304. The van der Waals surface area contributed by atoms with Crippen LogP contribution in [0, 0.1) is 0 Å². The van der Waals surface area contributed by atoms with Gasteiger partial charge in [-0.25, -0.2) is 0 Å². The highest BCUT2D eigenvalue weighted by Crippen LogP contribution is 2.31. The number of rotatable bonds is 6. The number of hydrogen-bond donors (Lipinski definition) is 3. The Labute approximate surface area is 175 Å². The molecule has 0 saturated carbocycles. The summed E-state index contributed by atoms with van der Waals surface area (Å²) in [6.45, 7) is 6.24. The topological polar surface area (TPSA) is 88.7 Å². The third-order valence-electron chi connectivity index (χ3n) is 5.76. The van der Waals surface area contributed by atoms with E-state index in [4.69, 9.17) is 0 Å². The molecule has 1 fully saturated rings. The molecule has 0 spiro atoms. The number of carboxylic acid groups (broad SMARTS) is 1. The second-order valence-corrected chi connectivity index (χ2v) is 7.54. The molecule has 0 aliphatic carbocycles. The van der Waals surface area contributed by atoms with Gasteiger partial charge in [0.25, 0.3) is 5.91 Å². The summed E-state index contributed by atoms with van der Waals surface area (Å²) in [6.07, 6.45) is 1.78. The predicted octanol–water partition coefficient (Wildman–Crippen LogP) is 3.18. The summed E-state index contributed by atoms with van der Waals surface area (Å²) in [5, 5.41) is 13.7. The van der Waals surface area contributed by atoms with E-state index < -0.39 is 12.0 Å². The van der Waals surface area contributed by atoms with E-state index in [2.05, 4.69) is 22.1 Å². The number of likely N-dealkylation sites (N-methyl/N-ethyl adjacent to an activating group) is 1. The molecule has 0 radical (unpaired) electrons. The maximum Gasteiger partial charge on any atom is 0.325 e. The highest BCUT2D eigenvalue weighted by molar-refractivity contribution is 6.05. The Bertz CT molecular complexity index is 1040. The molecule has 1 aromatic heterocycles. The normalized spacial score (nSPS) is 16.4. The Hall–Kier alpha value is -3.16. The van der Waals surface area contributed by atoms with E-state index in [1.165, 1.54) is 0 Å². The summed E-state index contributed by atoms with van der Waals surface area (Å²) in [4.78, 5) is 32.2. The number of fused-ring (bicyclic) bond motifs is 1. The lowest BCUT2D eigenvalue weighted by atomic mass is 10.0. The number of nitrogens with one attached hydrogen (secondary N) is 2. The van der Waals surface area contributed by atoms with Gasteiger partial charge in [-0.1, -0.05) is 25.1 Å². The van der Waals surface area contributed by atoms with Crippen LogP contribution in [0.5, 0.6) is 0 Å². The van der Waals surface area contributed by atoms with Crippen molar-refractivity contribution in [2.24, 2.45) is 0 Å². The van der Waals surface area contributed by atoms with Crippen LogP contribution < -0.4 is 5.32 Å². The molecule has 1 amide bonds. The third kappa shape index (κ3) is 4.08. The minimum atomic E-state index is -0.862. The van der Waals surface area contributed by atoms with Gasteiger partial charge in [0.15, 0.2) is 0 Å². The zero-order valence-corrected chi connectivity index (χ0v) is 17.0. The lowest BCUT2D eigenvalue weighted by Crippen LogP contribution is -2.49. The molecule has 1 saturated heterocycles. The first-order valence-electron chi connectivity index (χ1n) is 10.2. The van der Waals surface area contributed by atoms with Crippen molar-refractivity contribution in [3.8, 4) is 0 Å². The molecule has 2 heterocycles. The Balaban J connectivity index is 1.61. The van der Waals surface area contributed by atoms with Gasteiger partial charge in [0, 0.05) is 60.1 Å². The number of aliphatic carboxylic acids is 1. The lowest BCUT2D eigenvalue weighted by Gasteiger charge is -2.37. The number of benzene rings is 2. The molecular formula is C23H26N4O3. The molecule has 4 rings (SSSR count). The van der Waals surface area contributed by atoms with Crippen molar-refractivity contribution in [2.75, 3.05) is 38.0 Å². The van der Waals surface area contributed by atoms with Gasteiger partial charge in [0.1, 0.15) is 6.04 Å². The number of carboxylic acids is 1. The van der Waals surface area contributed by atoms with Crippen molar-refractivity contribution >= 4 is 28.5 Å². The van der Waals surface area contributed by atoms with E-state index in [0.717, 1.165) is 36.1 Å². The zero-order valence-electron chi connectivity index (χ0n) is 17.0. The monoisotopic (exact) mass is 406 g/mol. The van der Waals surface area contributed by atoms with Crippen LogP contribution in [0.15, 0.2) is 54.7 Å². The fourth-order valence-corrected chi connectivity index (χ4v) is 4.06. The average molecular weight is 406 g/mol. The number of carbonyl (C=O) groups excluding carboxylic acids is 1. The van der Waals surface area contributed by atoms with Crippen LogP contribution in [-0.4, -0.2) is 64.5 Å². The molecule has 1 aliphatic rings. The van der Waals surface area contributed by atoms with Gasteiger partial charge in [-0.3, -0.25) is 14.5 Å². The van der Waals surface area contributed by atoms with Crippen LogP contribution in [0.2, 0.25) is 0 Å². The van der Waals surface area contributed by atoms with Gasteiger partial charge in [0.2, 0.25) is 0 Å². The van der Waals surface area contributed by atoms with Crippen molar-refractivity contribution in [3.63, 3.8) is 0 Å². The number of carbonyl (C=O) groups is 2. The van der Waals surface area contributed by atoms with Crippen LogP contribution in [0.25, 0.3) is 10.9 Å². The highest BCUT2D eigenvalue weighted by atomic mass is 16.4. The molecule has 2 aromatic carbocycles. The summed E-state index contributed by atoms with van der Waals surface area (Å²) >= 11 is 0. The number of aromatic amines is 1. The summed E-state index contributed by atoms with van der Waals surface area (Å²) < 4.78 is 0. The number of amides is 1. The summed E-state index contributed by atoms with van der Waals surface area (Å²) in [5.74, 6) is -1.06. The van der Waals surface area contributed by atoms with Crippen LogP contribution in [0.1, 0.15) is 28.9 Å². The molecule has 1 atom stereocenters. The van der Waals surface area contributed by atoms with E-state index in [1.807, 2.05) is 41.3 Å². The Morgan fingerprint density at radius 2 is 1.83 bits per heavy atom. The van der Waals surface area contributed by atoms with Gasteiger partial charge >= 0.3 is 5.97 Å². The number of H-pyrrole nitrogens is 1. The molecular weight excluding hydrogens is 380 g/mol. The number of aromatic nitrogens is 1. The van der Waals surface area contributed by atoms with Crippen molar-refractivity contribution in [1.29, 1.82) is 0 Å². The minimum absolute atomic E-state index is 0.197. The first-order chi connectivity index (χ1) is 14.6. The van der Waals surface area contributed by atoms with Crippen molar-refractivity contribution < 1.29 is 14.7 Å². The SMILES string of the molecule is CCN1CCN(C(C(=O)O)c2c[nH]c3ccc(NC(=O)c4ccccc4)cc23)CC1. The summed E-state index contributed by atoms with van der Waals surface area (Å²) in [5.41, 5.74) is 2.78. The maximum atomic E-state index is 12.5. The van der Waals surface area contributed by atoms with Crippen molar-refractivity contribution in [1.82, 2.24) is 14.8 Å². The van der Waals surface area contributed by atoms with Crippen LogP contribution in [0.3, 0.4) is 0 Å². The highest BCUT2D eigenvalue weighted by Gasteiger charge is 2.31. The average Bonchev–Trinajstić information content (AvgIpc) is 3.17. The Morgan fingerprint density at radius 3 is 2.50 bits per heavy atom. The quantitative estimate of drug-likeness (QED) is 0.585. The predicted molar refractivity (Wildman–Crippen MR) is 117 cm³/mol. The molecule has 1 unspecified atom stereocenters. The van der Waals surface area contributed by atoms with Gasteiger partial charge in [-0.15, -0.1) is 0 Å². The van der Waals surface area contributed by atoms with E-state index in [-0.39, 0.29) is 5.91 Å². The molecule has 7 nitrogen and oxygen atoms in total. The van der Waals surface area contributed by atoms with Gasteiger partial charge in [-0.2, -0.15) is 0 Å². The Kier molecular flexibility index (Phi) is 5.83. The Morgan fingerprint density at radius 1 is 1.10 bits per heavy atom. The van der Waals surface area contributed by atoms with Crippen molar-refractivity contribution in [2.45, 2.75) is 13.0 Å². The van der Waals surface area contributed by atoms with E-state index in [9.17, 15) is 14.7 Å². The standard InChI is InChI=1S/C23H26N4O3/c1-2-26-10-12-27(13-11-26)21(23(29)30)19-15-24-20-9-8-17(14-18(19)20)25-22(28)16-6-4-3-5-7-16/h3-9,14-15,21,24H,2,10-13H2,1H3,(H,25,28)(H,29,30). The third-order valence-corrected chi connectivity index (χ3v) is 5.76. The van der Waals surface area contributed by atoms with Crippen molar-refractivity contribution in [3.05, 3.63) is 65.9 Å². The molecule has 3 aromatic rings. The molecule has 3 N–H and O–H groups in total. The van der Waals surface area contributed by atoms with E-state index in [0.29, 0.717) is 24.3 Å². The second-order valence-electron chi connectivity index (χ2n) is 7.54. The largest absolute Gasteiger partial charge is 0.480 e. The molecule has 7 heteroatoms. The first-order valence-corrected chi connectivity index (χ1v) is 10.2. The number of nitrogens with zero attached hydrogens (tertiary/aromatic N) is 2. The van der Waals surface area contributed by atoms with Crippen LogP contribution in [-0.2, 0) is 4.79 Å². The van der Waals surface area contributed by atoms with Gasteiger partial charge < -0.3 is 20.3 Å². The van der Waals surface area contributed by atoms with Crippen LogP contribution in [0.4, 0.5) is 5.69 Å². The lowest BCUT2D eigenvalue weighted by molar-refractivity contribution is -0.144. The molecule has 30 heavy (non-hydrogen) atoms. The van der Waals surface area contributed by atoms with E-state index in [1.54, 1.807) is 18.3 Å². The van der Waals surface area contributed by atoms with Gasteiger partial charge in [-0.05, 0) is 36.9 Å². The minimum Gasteiger partial charge on any atom is -0.480 e. The zero-order chi connectivity index (χ0) is 21.1. The first kappa shape index (κ1) is 20.1. The van der Waals surface area contributed by atoms with E-state index >= 15 is 0 Å². The fourth-order valence-electron chi connectivity index (χ4n) is 4.06. The second kappa shape index (κ2) is 8.69. The smallest absolute Gasteiger partial charge is 0.325 e. The van der Waals surface area contributed by atoms with Crippen LogP contribution >= 0.6 is 0 Å².